The minimum Gasteiger partial charge on any atom is -0.353 e. The Morgan fingerprint density at radius 1 is 1.16 bits per heavy atom. The van der Waals surface area contributed by atoms with E-state index in [0.717, 1.165) is 30.6 Å². The molecule has 2 N–H and O–H groups in total. The van der Waals surface area contributed by atoms with Crippen LogP contribution in [0, 0.1) is 0 Å². The Hall–Kier alpha value is -1.00. The molecule has 0 heterocycles. The number of rotatable bonds is 5. The van der Waals surface area contributed by atoms with Crippen molar-refractivity contribution in [3.05, 3.63) is 30.3 Å². The van der Waals surface area contributed by atoms with E-state index >= 15 is 0 Å². The first-order chi connectivity index (χ1) is 9.28. The third-order valence-electron chi connectivity index (χ3n) is 3.61. The first-order valence-corrected chi connectivity index (χ1v) is 7.91. The average molecular weight is 278 g/mol. The predicted molar refractivity (Wildman–Crippen MR) is 80.4 cm³/mol. The molecular formula is C15H22N2OS. The van der Waals surface area contributed by atoms with E-state index in [9.17, 15) is 4.79 Å². The van der Waals surface area contributed by atoms with Crippen LogP contribution in [0.25, 0.3) is 0 Å². The fourth-order valence-corrected chi connectivity index (χ4v) is 3.19. The predicted octanol–water partition coefficient (Wildman–Crippen LogP) is 2.43. The topological polar surface area (TPSA) is 41.1 Å². The third kappa shape index (κ3) is 4.88. The molecule has 0 saturated heterocycles. The molecule has 3 nitrogen and oxygen atoms in total. The van der Waals surface area contributed by atoms with Crippen molar-refractivity contribution in [3.63, 3.8) is 0 Å². The van der Waals surface area contributed by atoms with Gasteiger partial charge in [0.25, 0.3) is 0 Å². The van der Waals surface area contributed by atoms with E-state index in [0.29, 0.717) is 17.8 Å². The highest BCUT2D eigenvalue weighted by Gasteiger charge is 2.21. The van der Waals surface area contributed by atoms with Crippen LogP contribution in [-0.4, -0.2) is 30.8 Å². The lowest BCUT2D eigenvalue weighted by atomic mass is 9.91. The number of carbonyl (C=O) groups excluding carboxylic acids is 1. The minimum absolute atomic E-state index is 0.154. The van der Waals surface area contributed by atoms with Crippen LogP contribution in [0.2, 0.25) is 0 Å². The van der Waals surface area contributed by atoms with Crippen LogP contribution >= 0.6 is 11.8 Å². The Bertz CT molecular complexity index is 388. The SMILES string of the molecule is CNC1CCC(NC(=O)CSc2ccccc2)CC1. The van der Waals surface area contributed by atoms with Crippen molar-refractivity contribution in [2.75, 3.05) is 12.8 Å². The fourth-order valence-electron chi connectivity index (χ4n) is 2.46. The van der Waals surface area contributed by atoms with Crippen LogP contribution in [0.4, 0.5) is 0 Å². The van der Waals surface area contributed by atoms with Crippen LogP contribution in [0.3, 0.4) is 0 Å². The van der Waals surface area contributed by atoms with E-state index in [1.807, 2.05) is 37.4 Å². The maximum Gasteiger partial charge on any atom is 0.230 e. The summed E-state index contributed by atoms with van der Waals surface area (Å²) >= 11 is 1.60. The van der Waals surface area contributed by atoms with Gasteiger partial charge in [0.15, 0.2) is 0 Å². The van der Waals surface area contributed by atoms with E-state index in [-0.39, 0.29) is 5.91 Å². The summed E-state index contributed by atoms with van der Waals surface area (Å²) in [5, 5.41) is 6.45. The highest BCUT2D eigenvalue weighted by Crippen LogP contribution is 2.19. The molecule has 104 valence electrons. The normalized spacial score (nSPS) is 23.0. The van der Waals surface area contributed by atoms with Crippen LogP contribution < -0.4 is 10.6 Å². The summed E-state index contributed by atoms with van der Waals surface area (Å²) < 4.78 is 0. The van der Waals surface area contributed by atoms with Crippen molar-refractivity contribution in [2.24, 2.45) is 0 Å². The number of hydrogen-bond donors (Lipinski definition) is 2. The Kier molecular flexibility index (Phi) is 5.73. The number of carbonyl (C=O) groups is 1. The molecule has 0 unspecified atom stereocenters. The minimum atomic E-state index is 0.154. The van der Waals surface area contributed by atoms with Gasteiger partial charge in [-0.15, -0.1) is 11.8 Å². The van der Waals surface area contributed by atoms with E-state index in [4.69, 9.17) is 0 Å². The van der Waals surface area contributed by atoms with Crippen molar-refractivity contribution in [1.82, 2.24) is 10.6 Å². The molecule has 1 aromatic rings. The smallest absolute Gasteiger partial charge is 0.230 e. The summed E-state index contributed by atoms with van der Waals surface area (Å²) in [7, 11) is 2.01. The van der Waals surface area contributed by atoms with Gasteiger partial charge in [-0.3, -0.25) is 4.79 Å². The lowest BCUT2D eigenvalue weighted by molar-refractivity contribution is -0.119. The van der Waals surface area contributed by atoms with E-state index in [1.54, 1.807) is 11.8 Å². The molecule has 4 heteroatoms. The average Bonchev–Trinajstić information content (AvgIpc) is 2.47. The second-order valence-corrected chi connectivity index (χ2v) is 6.06. The van der Waals surface area contributed by atoms with Crippen molar-refractivity contribution in [1.29, 1.82) is 0 Å². The summed E-state index contributed by atoms with van der Waals surface area (Å²) in [5.74, 6) is 0.664. The summed E-state index contributed by atoms with van der Waals surface area (Å²) in [6, 6.07) is 11.1. The van der Waals surface area contributed by atoms with Crippen LogP contribution in [0.5, 0.6) is 0 Å². The lowest BCUT2D eigenvalue weighted by Crippen LogP contribution is -2.41. The number of benzene rings is 1. The van der Waals surface area contributed by atoms with Gasteiger partial charge in [0.1, 0.15) is 0 Å². The Labute approximate surface area is 119 Å². The molecule has 1 aliphatic rings. The molecule has 1 amide bonds. The first-order valence-electron chi connectivity index (χ1n) is 6.92. The van der Waals surface area contributed by atoms with Crippen molar-refractivity contribution < 1.29 is 4.79 Å². The highest BCUT2D eigenvalue weighted by molar-refractivity contribution is 8.00. The van der Waals surface area contributed by atoms with Gasteiger partial charge in [0, 0.05) is 17.0 Å². The standard InChI is InChI=1S/C15H22N2OS/c1-16-12-7-9-13(10-8-12)17-15(18)11-19-14-5-3-2-4-6-14/h2-6,12-13,16H,7-11H2,1H3,(H,17,18). The third-order valence-corrected chi connectivity index (χ3v) is 4.63. The van der Waals surface area contributed by atoms with E-state index in [2.05, 4.69) is 10.6 Å². The summed E-state index contributed by atoms with van der Waals surface area (Å²) in [5.41, 5.74) is 0. The maximum absolute atomic E-state index is 11.9. The van der Waals surface area contributed by atoms with Gasteiger partial charge in [0.05, 0.1) is 5.75 Å². The van der Waals surface area contributed by atoms with Crippen LogP contribution in [0.15, 0.2) is 35.2 Å². The molecule has 0 bridgehead atoms. The zero-order chi connectivity index (χ0) is 13.5. The largest absolute Gasteiger partial charge is 0.353 e. The zero-order valence-corrected chi connectivity index (χ0v) is 12.2. The van der Waals surface area contributed by atoms with Crippen LogP contribution in [-0.2, 0) is 4.79 Å². The second kappa shape index (κ2) is 7.56. The van der Waals surface area contributed by atoms with E-state index in [1.165, 1.54) is 0 Å². The molecule has 0 spiro atoms. The summed E-state index contributed by atoms with van der Waals surface area (Å²) in [6.45, 7) is 0. The monoisotopic (exact) mass is 278 g/mol. The number of nitrogens with one attached hydrogen (secondary N) is 2. The van der Waals surface area contributed by atoms with Gasteiger partial charge in [-0.2, -0.15) is 0 Å². The van der Waals surface area contributed by atoms with E-state index < -0.39 is 0 Å². The fraction of sp³-hybridized carbons (Fsp3) is 0.533. The summed E-state index contributed by atoms with van der Waals surface area (Å²) in [4.78, 5) is 13.0. The highest BCUT2D eigenvalue weighted by atomic mass is 32.2. The maximum atomic E-state index is 11.9. The molecule has 1 saturated carbocycles. The Morgan fingerprint density at radius 2 is 1.79 bits per heavy atom. The van der Waals surface area contributed by atoms with Crippen molar-refractivity contribution >= 4 is 17.7 Å². The molecule has 19 heavy (non-hydrogen) atoms. The molecule has 2 rings (SSSR count). The number of amides is 1. The van der Waals surface area contributed by atoms with Gasteiger partial charge in [-0.05, 0) is 44.9 Å². The molecule has 0 radical (unpaired) electrons. The van der Waals surface area contributed by atoms with Gasteiger partial charge in [-0.25, -0.2) is 0 Å². The second-order valence-electron chi connectivity index (χ2n) is 5.01. The summed E-state index contributed by atoms with van der Waals surface area (Å²) in [6.07, 6.45) is 4.50. The molecule has 0 aromatic heterocycles. The van der Waals surface area contributed by atoms with Gasteiger partial charge < -0.3 is 10.6 Å². The number of hydrogen-bond acceptors (Lipinski definition) is 3. The van der Waals surface area contributed by atoms with Gasteiger partial charge in [-0.1, -0.05) is 18.2 Å². The number of thioether (sulfide) groups is 1. The Morgan fingerprint density at radius 3 is 2.42 bits per heavy atom. The molecule has 1 aliphatic carbocycles. The lowest BCUT2D eigenvalue weighted by Gasteiger charge is -2.28. The van der Waals surface area contributed by atoms with Crippen molar-refractivity contribution in [2.45, 2.75) is 42.7 Å². The first kappa shape index (κ1) is 14.4. The Balaban J connectivity index is 1.67. The molecule has 1 aromatic carbocycles. The molecule has 0 atom stereocenters. The van der Waals surface area contributed by atoms with Gasteiger partial charge >= 0.3 is 0 Å². The van der Waals surface area contributed by atoms with Crippen molar-refractivity contribution in [3.8, 4) is 0 Å². The molecule has 0 aliphatic heterocycles. The van der Waals surface area contributed by atoms with Gasteiger partial charge in [0.2, 0.25) is 5.91 Å². The molecular weight excluding hydrogens is 256 g/mol. The zero-order valence-electron chi connectivity index (χ0n) is 11.4. The molecule has 1 fully saturated rings. The van der Waals surface area contributed by atoms with Crippen LogP contribution in [0.1, 0.15) is 25.7 Å². The quantitative estimate of drug-likeness (QED) is 0.813.